The maximum Gasteiger partial charge on any atom is 0.303 e. The van der Waals surface area contributed by atoms with Gasteiger partial charge in [-0.15, -0.1) is 0 Å². The van der Waals surface area contributed by atoms with Gasteiger partial charge in [0.15, 0.2) is 12.6 Å². The Kier molecular flexibility index (Phi) is 15.3. The van der Waals surface area contributed by atoms with Crippen LogP contribution < -0.4 is 0 Å². The van der Waals surface area contributed by atoms with Crippen molar-refractivity contribution in [2.24, 2.45) is 0 Å². The van der Waals surface area contributed by atoms with Gasteiger partial charge in [0.1, 0.15) is 48.8 Å². The first-order valence-corrected chi connectivity index (χ1v) is 12.1. The number of unbranched alkanes of at least 4 members (excludes halogenated alkanes) is 6. The van der Waals surface area contributed by atoms with Crippen molar-refractivity contribution in [3.63, 3.8) is 0 Å². The summed E-state index contributed by atoms with van der Waals surface area (Å²) in [4.78, 5) is 10.1. The number of aliphatic carboxylic acids is 1. The van der Waals surface area contributed by atoms with E-state index in [1.165, 1.54) is 32.1 Å². The number of hydrogen-bond donors (Lipinski definition) is 9. The van der Waals surface area contributed by atoms with E-state index in [-0.39, 0.29) is 0 Å². The number of carboxylic acids is 1. The Labute approximate surface area is 204 Å². The lowest BCUT2D eigenvalue weighted by molar-refractivity contribution is -0.376. The molecule has 0 aromatic carbocycles. The van der Waals surface area contributed by atoms with Crippen LogP contribution in [-0.4, -0.2) is 127 Å². The van der Waals surface area contributed by atoms with Crippen LogP contribution in [-0.2, 0) is 19.0 Å². The highest BCUT2D eigenvalue weighted by atomic mass is 16.8. The number of aliphatic hydroxyl groups is 8. The zero-order chi connectivity index (χ0) is 26.5. The highest BCUT2D eigenvalue weighted by Crippen LogP contribution is 2.27. The summed E-state index contributed by atoms with van der Waals surface area (Å²) in [6, 6.07) is 0. The summed E-state index contributed by atoms with van der Waals surface area (Å²) in [7, 11) is 0. The Balaban J connectivity index is 0.000000434. The fraction of sp³-hybridized carbons (Fsp3) is 0.955. The van der Waals surface area contributed by atoms with Gasteiger partial charge in [-0.3, -0.25) is 4.79 Å². The molecule has 2 fully saturated rings. The Bertz CT molecular complexity index is 542. The molecule has 2 rings (SSSR count). The van der Waals surface area contributed by atoms with Crippen LogP contribution in [0.1, 0.15) is 58.3 Å². The number of hydrogen-bond acceptors (Lipinski definition) is 12. The van der Waals surface area contributed by atoms with Crippen LogP contribution in [0.2, 0.25) is 0 Å². The van der Waals surface area contributed by atoms with Crippen molar-refractivity contribution in [1.82, 2.24) is 0 Å². The maximum atomic E-state index is 10.1. The smallest absolute Gasteiger partial charge is 0.303 e. The highest BCUT2D eigenvalue weighted by molar-refractivity contribution is 5.66. The van der Waals surface area contributed by atoms with Gasteiger partial charge in [0.05, 0.1) is 13.2 Å². The van der Waals surface area contributed by atoms with E-state index in [4.69, 9.17) is 29.5 Å². The van der Waals surface area contributed by atoms with Crippen LogP contribution in [0.15, 0.2) is 0 Å². The van der Waals surface area contributed by atoms with Gasteiger partial charge in [-0.25, -0.2) is 0 Å². The average Bonchev–Trinajstić information content (AvgIpc) is 2.84. The molecule has 13 heteroatoms. The quantitative estimate of drug-likeness (QED) is 0.126. The second-order valence-corrected chi connectivity index (χ2v) is 8.80. The summed E-state index contributed by atoms with van der Waals surface area (Å²) in [5.41, 5.74) is 0. The minimum atomic E-state index is -1.72. The number of rotatable bonds is 12. The Morgan fingerprint density at radius 1 is 0.657 bits per heavy atom. The van der Waals surface area contributed by atoms with Crippen molar-refractivity contribution >= 4 is 5.97 Å². The molecule has 0 bridgehead atoms. The minimum absolute atomic E-state index is 0.341. The summed E-state index contributed by atoms with van der Waals surface area (Å²) >= 11 is 0. The molecule has 0 aromatic rings. The molecule has 0 aliphatic carbocycles. The van der Waals surface area contributed by atoms with Crippen molar-refractivity contribution in [2.75, 3.05) is 13.2 Å². The van der Waals surface area contributed by atoms with Gasteiger partial charge >= 0.3 is 5.97 Å². The molecule has 2 aliphatic rings. The van der Waals surface area contributed by atoms with Gasteiger partial charge in [0.25, 0.3) is 0 Å². The van der Waals surface area contributed by atoms with Gasteiger partial charge in [-0.1, -0.05) is 45.4 Å². The van der Waals surface area contributed by atoms with Gasteiger partial charge in [0, 0.05) is 6.42 Å². The Morgan fingerprint density at radius 3 is 1.43 bits per heavy atom. The van der Waals surface area contributed by atoms with Gasteiger partial charge < -0.3 is 60.2 Å². The zero-order valence-electron chi connectivity index (χ0n) is 20.0. The molecule has 0 saturated carbocycles. The van der Waals surface area contributed by atoms with Gasteiger partial charge in [-0.05, 0) is 6.42 Å². The molecule has 2 saturated heterocycles. The van der Waals surface area contributed by atoms with Crippen molar-refractivity contribution < 1.29 is 65.0 Å². The zero-order valence-corrected chi connectivity index (χ0v) is 20.0. The van der Waals surface area contributed by atoms with E-state index in [9.17, 15) is 35.4 Å². The molecule has 9 N–H and O–H groups in total. The molecule has 10 atom stereocenters. The third-order valence-electron chi connectivity index (χ3n) is 5.96. The predicted octanol–water partition coefficient (Wildman–Crippen LogP) is -2.19. The third kappa shape index (κ3) is 10.1. The summed E-state index contributed by atoms with van der Waals surface area (Å²) < 4.78 is 15.3. The monoisotopic (exact) mass is 514 g/mol. The lowest BCUT2D eigenvalue weighted by Crippen LogP contribution is -2.63. The van der Waals surface area contributed by atoms with E-state index in [2.05, 4.69) is 6.92 Å². The van der Waals surface area contributed by atoms with Crippen molar-refractivity contribution in [3.8, 4) is 0 Å². The maximum absolute atomic E-state index is 10.1. The van der Waals surface area contributed by atoms with Crippen LogP contribution in [0.4, 0.5) is 0 Å². The second-order valence-electron chi connectivity index (χ2n) is 8.80. The minimum Gasteiger partial charge on any atom is -0.481 e. The molecule has 0 amide bonds. The highest BCUT2D eigenvalue weighted by Gasteiger charge is 2.49. The first kappa shape index (κ1) is 32.1. The van der Waals surface area contributed by atoms with E-state index in [1.807, 2.05) is 0 Å². The molecule has 0 spiro atoms. The normalized spacial score (nSPS) is 37.4. The summed E-state index contributed by atoms with van der Waals surface area (Å²) in [6.07, 6.45) is -6.95. The molecule has 208 valence electrons. The molecule has 13 nitrogen and oxygen atoms in total. The third-order valence-corrected chi connectivity index (χ3v) is 5.96. The van der Waals surface area contributed by atoms with Crippen LogP contribution in [0.25, 0.3) is 0 Å². The first-order valence-electron chi connectivity index (χ1n) is 12.1. The van der Waals surface area contributed by atoms with E-state index >= 15 is 0 Å². The molecule has 2 aliphatic heterocycles. The first-order chi connectivity index (χ1) is 16.6. The summed E-state index contributed by atoms with van der Waals surface area (Å²) in [5.74, 6) is -0.663. The molecular formula is C22H42O13. The molecule has 2 heterocycles. The van der Waals surface area contributed by atoms with Crippen LogP contribution in [0.3, 0.4) is 0 Å². The van der Waals surface area contributed by atoms with E-state index in [1.54, 1.807) is 0 Å². The molecule has 0 unspecified atom stereocenters. The molecular weight excluding hydrogens is 472 g/mol. The molecule has 0 aromatic heterocycles. The second kappa shape index (κ2) is 16.7. The molecule has 35 heavy (non-hydrogen) atoms. The van der Waals surface area contributed by atoms with Gasteiger partial charge in [0.2, 0.25) is 0 Å². The topological polar surface area (TPSA) is 227 Å². The van der Waals surface area contributed by atoms with E-state index in [0.717, 1.165) is 12.8 Å². The fourth-order valence-electron chi connectivity index (χ4n) is 3.73. The Hall–Kier alpha value is -0.970. The summed E-state index contributed by atoms with van der Waals surface area (Å²) in [6.45, 7) is 0.864. The van der Waals surface area contributed by atoms with E-state index in [0.29, 0.717) is 6.42 Å². The fourth-order valence-corrected chi connectivity index (χ4v) is 3.73. The van der Waals surface area contributed by atoms with Crippen molar-refractivity contribution in [1.29, 1.82) is 0 Å². The van der Waals surface area contributed by atoms with Crippen LogP contribution in [0, 0.1) is 0 Å². The average molecular weight is 515 g/mol. The van der Waals surface area contributed by atoms with E-state index < -0.39 is 80.6 Å². The van der Waals surface area contributed by atoms with Crippen LogP contribution in [0.5, 0.6) is 0 Å². The predicted molar refractivity (Wildman–Crippen MR) is 119 cm³/mol. The standard InChI is InChI=1S/C12H22O11.C10H20O2/c13-1-3-5(15)7(17)9(19)11(21-3)23-12-10(20)8(18)6(16)4(2-14)22-12;1-2-3-4-5-6-7-8-9-10(11)12/h3-20H,1-2H2;2-9H2,1H3,(H,11,12)/t3-,4-,5-,6-,7+,8+,9-,10-,11-,12-;/m1./s1. The summed E-state index contributed by atoms with van der Waals surface area (Å²) in [5, 5.41) is 84.8. The largest absolute Gasteiger partial charge is 0.481 e. The van der Waals surface area contributed by atoms with Crippen molar-refractivity contribution in [2.45, 2.75) is 120 Å². The number of ether oxygens (including phenoxy) is 3. The number of aliphatic hydroxyl groups excluding tert-OH is 8. The lowest BCUT2D eigenvalue weighted by Gasteiger charge is -2.44. The lowest BCUT2D eigenvalue weighted by atomic mass is 9.98. The van der Waals surface area contributed by atoms with Crippen LogP contribution >= 0.6 is 0 Å². The Morgan fingerprint density at radius 2 is 1.06 bits per heavy atom. The van der Waals surface area contributed by atoms with Crippen molar-refractivity contribution in [3.05, 3.63) is 0 Å². The number of carboxylic acid groups (broad SMARTS) is 1. The number of carbonyl (C=O) groups is 1. The SMILES string of the molecule is CCCCCCCCCC(=O)O.OC[C@H]1O[C@H](O[C@H]2O[C@H](CO)[C@@H](O)[C@H](O)[C@H]2O)[C@H](O)[C@@H](O)[C@@H]1O. The van der Waals surface area contributed by atoms with Gasteiger partial charge in [-0.2, -0.15) is 0 Å². The molecule has 0 radical (unpaired) electrons.